The quantitative estimate of drug-likeness (QED) is 0.705. The van der Waals surface area contributed by atoms with Crippen LogP contribution in [-0.4, -0.2) is 15.0 Å². The van der Waals surface area contributed by atoms with E-state index in [9.17, 15) is 0 Å². The van der Waals surface area contributed by atoms with Gasteiger partial charge >= 0.3 is 0 Å². The summed E-state index contributed by atoms with van der Waals surface area (Å²) in [7, 11) is 0. The predicted molar refractivity (Wildman–Crippen MR) is 77.3 cm³/mol. The number of aromatic amines is 1. The van der Waals surface area contributed by atoms with Gasteiger partial charge in [-0.1, -0.05) is 41.4 Å². The van der Waals surface area contributed by atoms with Gasteiger partial charge in [-0.15, -0.1) is 0 Å². The van der Waals surface area contributed by atoms with Gasteiger partial charge in [-0.05, 0) is 24.5 Å². The molecule has 0 saturated carbocycles. The lowest BCUT2D eigenvalue weighted by atomic mass is 10.0. The molecule has 0 aliphatic carbocycles. The Balaban J connectivity index is 2.06. The van der Waals surface area contributed by atoms with Gasteiger partial charge < -0.3 is 10.7 Å². The SMILES string of the molecule is Cc1cccc(Cc2c[nH]c3nc(N)nc(Cl)c23)c1. The van der Waals surface area contributed by atoms with Crippen molar-refractivity contribution >= 4 is 28.6 Å². The van der Waals surface area contributed by atoms with Crippen LogP contribution in [0.1, 0.15) is 16.7 Å². The third kappa shape index (κ3) is 2.27. The summed E-state index contributed by atoms with van der Waals surface area (Å²) in [5, 5.41) is 1.24. The lowest BCUT2D eigenvalue weighted by Gasteiger charge is -2.03. The number of fused-ring (bicyclic) bond motifs is 1. The number of halogens is 1. The third-order valence-corrected chi connectivity index (χ3v) is 3.34. The van der Waals surface area contributed by atoms with E-state index in [1.807, 2.05) is 6.20 Å². The van der Waals surface area contributed by atoms with Crippen molar-refractivity contribution in [1.29, 1.82) is 0 Å². The molecule has 3 aromatic rings. The summed E-state index contributed by atoms with van der Waals surface area (Å²) in [5.41, 5.74) is 9.81. The fraction of sp³-hybridized carbons (Fsp3) is 0.143. The molecule has 0 saturated heterocycles. The maximum Gasteiger partial charge on any atom is 0.223 e. The smallest absolute Gasteiger partial charge is 0.223 e. The van der Waals surface area contributed by atoms with Gasteiger partial charge in [0.15, 0.2) is 0 Å². The number of benzene rings is 1. The van der Waals surface area contributed by atoms with Gasteiger partial charge in [-0.3, -0.25) is 0 Å². The summed E-state index contributed by atoms with van der Waals surface area (Å²) in [5.74, 6) is 0.182. The molecule has 0 radical (unpaired) electrons. The first-order valence-electron chi connectivity index (χ1n) is 5.98. The zero-order valence-corrected chi connectivity index (χ0v) is 11.2. The monoisotopic (exact) mass is 272 g/mol. The van der Waals surface area contributed by atoms with Crippen LogP contribution in [0.25, 0.3) is 11.0 Å². The number of nitrogen functional groups attached to an aromatic ring is 1. The number of nitrogens with two attached hydrogens (primary N) is 1. The van der Waals surface area contributed by atoms with Crippen molar-refractivity contribution in [2.45, 2.75) is 13.3 Å². The molecule has 0 fully saturated rings. The summed E-state index contributed by atoms with van der Waals surface area (Å²) >= 11 is 6.16. The first-order chi connectivity index (χ1) is 9.13. The van der Waals surface area contributed by atoms with Gasteiger partial charge in [0.1, 0.15) is 10.8 Å². The average Bonchev–Trinajstić information content (AvgIpc) is 2.72. The van der Waals surface area contributed by atoms with Crippen molar-refractivity contribution in [2.24, 2.45) is 0 Å². The minimum absolute atomic E-state index is 0.182. The number of H-pyrrole nitrogens is 1. The largest absolute Gasteiger partial charge is 0.368 e. The van der Waals surface area contributed by atoms with E-state index in [-0.39, 0.29) is 5.95 Å². The molecule has 2 aromatic heterocycles. The number of hydrogen-bond acceptors (Lipinski definition) is 3. The van der Waals surface area contributed by atoms with Crippen molar-refractivity contribution in [1.82, 2.24) is 15.0 Å². The highest BCUT2D eigenvalue weighted by molar-refractivity contribution is 6.34. The van der Waals surface area contributed by atoms with Gasteiger partial charge in [-0.25, -0.2) is 4.98 Å². The molecular formula is C14H13ClN4. The molecule has 3 rings (SSSR count). The van der Waals surface area contributed by atoms with E-state index in [2.05, 4.69) is 46.1 Å². The molecule has 2 heterocycles. The van der Waals surface area contributed by atoms with Crippen LogP contribution in [0.3, 0.4) is 0 Å². The van der Waals surface area contributed by atoms with Crippen molar-refractivity contribution in [3.63, 3.8) is 0 Å². The summed E-state index contributed by atoms with van der Waals surface area (Å²) in [6, 6.07) is 8.38. The Morgan fingerprint density at radius 2 is 2.16 bits per heavy atom. The first-order valence-corrected chi connectivity index (χ1v) is 6.36. The Hall–Kier alpha value is -2.07. The van der Waals surface area contributed by atoms with E-state index in [4.69, 9.17) is 17.3 Å². The van der Waals surface area contributed by atoms with Crippen molar-refractivity contribution < 1.29 is 0 Å². The van der Waals surface area contributed by atoms with Crippen LogP contribution < -0.4 is 5.73 Å². The Kier molecular flexibility index (Phi) is 2.87. The molecule has 19 heavy (non-hydrogen) atoms. The average molecular weight is 273 g/mol. The van der Waals surface area contributed by atoms with Crippen molar-refractivity contribution in [3.05, 3.63) is 52.3 Å². The first kappa shape index (κ1) is 12.0. The standard InChI is InChI=1S/C14H13ClN4/c1-8-3-2-4-9(5-8)6-10-7-17-13-11(10)12(15)18-14(16)19-13/h2-5,7H,6H2,1H3,(H3,16,17,18,19). The van der Waals surface area contributed by atoms with Crippen LogP contribution in [0.2, 0.25) is 5.15 Å². The van der Waals surface area contributed by atoms with Crippen LogP contribution in [0.4, 0.5) is 5.95 Å². The summed E-state index contributed by atoms with van der Waals surface area (Å²) < 4.78 is 0. The van der Waals surface area contributed by atoms with Gasteiger partial charge in [0, 0.05) is 6.20 Å². The summed E-state index contributed by atoms with van der Waals surface area (Å²) in [4.78, 5) is 11.2. The number of aryl methyl sites for hydroxylation is 1. The molecule has 0 unspecified atom stereocenters. The summed E-state index contributed by atoms with van der Waals surface area (Å²) in [6.07, 6.45) is 2.70. The topological polar surface area (TPSA) is 67.6 Å². The maximum absolute atomic E-state index is 6.16. The second-order valence-corrected chi connectivity index (χ2v) is 4.93. The Morgan fingerprint density at radius 3 is 2.95 bits per heavy atom. The van der Waals surface area contributed by atoms with E-state index >= 15 is 0 Å². The van der Waals surface area contributed by atoms with Crippen LogP contribution in [0.15, 0.2) is 30.5 Å². The number of anilines is 1. The van der Waals surface area contributed by atoms with E-state index in [1.54, 1.807) is 0 Å². The number of nitrogens with zero attached hydrogens (tertiary/aromatic N) is 2. The molecule has 0 amide bonds. The number of hydrogen-bond donors (Lipinski definition) is 2. The van der Waals surface area contributed by atoms with Gasteiger partial charge in [0.25, 0.3) is 0 Å². The van der Waals surface area contributed by atoms with E-state index in [0.717, 1.165) is 17.4 Å². The molecule has 0 spiro atoms. The van der Waals surface area contributed by atoms with Gasteiger partial charge in [-0.2, -0.15) is 4.98 Å². The predicted octanol–water partition coefficient (Wildman–Crippen LogP) is 3.09. The fourth-order valence-electron chi connectivity index (χ4n) is 2.25. The Labute approximate surface area is 115 Å². The van der Waals surface area contributed by atoms with E-state index in [0.29, 0.717) is 10.8 Å². The molecule has 0 atom stereocenters. The second-order valence-electron chi connectivity index (χ2n) is 4.58. The highest BCUT2D eigenvalue weighted by Gasteiger charge is 2.11. The molecular weight excluding hydrogens is 260 g/mol. The molecule has 3 N–H and O–H groups in total. The molecule has 0 bridgehead atoms. The van der Waals surface area contributed by atoms with Crippen LogP contribution in [0.5, 0.6) is 0 Å². The summed E-state index contributed by atoms with van der Waals surface area (Å²) in [6.45, 7) is 2.08. The van der Waals surface area contributed by atoms with Crippen molar-refractivity contribution in [3.8, 4) is 0 Å². The maximum atomic E-state index is 6.16. The van der Waals surface area contributed by atoms with Crippen LogP contribution >= 0.6 is 11.6 Å². The van der Waals surface area contributed by atoms with E-state index in [1.165, 1.54) is 11.1 Å². The van der Waals surface area contributed by atoms with Gasteiger partial charge in [0.2, 0.25) is 5.95 Å². The second kappa shape index (κ2) is 4.55. The zero-order valence-electron chi connectivity index (χ0n) is 10.4. The third-order valence-electron chi connectivity index (χ3n) is 3.06. The molecule has 4 nitrogen and oxygen atoms in total. The highest BCUT2D eigenvalue weighted by atomic mass is 35.5. The Morgan fingerprint density at radius 1 is 1.32 bits per heavy atom. The Bertz CT molecular complexity index is 748. The highest BCUT2D eigenvalue weighted by Crippen LogP contribution is 2.26. The lowest BCUT2D eigenvalue weighted by molar-refractivity contribution is 1.19. The number of aromatic nitrogens is 3. The number of rotatable bonds is 2. The number of nitrogens with one attached hydrogen (secondary N) is 1. The van der Waals surface area contributed by atoms with E-state index < -0.39 is 0 Å². The zero-order chi connectivity index (χ0) is 13.4. The molecule has 0 aliphatic heterocycles. The van der Waals surface area contributed by atoms with Crippen molar-refractivity contribution in [2.75, 3.05) is 5.73 Å². The minimum Gasteiger partial charge on any atom is -0.368 e. The lowest BCUT2D eigenvalue weighted by Crippen LogP contribution is -1.96. The van der Waals surface area contributed by atoms with Crippen LogP contribution in [0, 0.1) is 6.92 Å². The normalized spacial score (nSPS) is 11.1. The molecule has 5 heteroatoms. The molecule has 0 aliphatic rings. The van der Waals surface area contributed by atoms with Crippen LogP contribution in [-0.2, 0) is 6.42 Å². The molecule has 1 aromatic carbocycles. The minimum atomic E-state index is 0.182. The van der Waals surface area contributed by atoms with Gasteiger partial charge in [0.05, 0.1) is 5.39 Å². The fourth-order valence-corrected chi connectivity index (χ4v) is 2.55. The molecule has 96 valence electrons.